The zero-order chi connectivity index (χ0) is 19.7. The van der Waals surface area contributed by atoms with Crippen LogP contribution in [0.15, 0.2) is 36.4 Å². The summed E-state index contributed by atoms with van der Waals surface area (Å²) < 4.78 is 0. The van der Waals surface area contributed by atoms with E-state index in [4.69, 9.17) is 0 Å². The van der Waals surface area contributed by atoms with Gasteiger partial charge in [0.05, 0.1) is 0 Å². The second kappa shape index (κ2) is 8.23. The first-order valence-electron chi connectivity index (χ1n) is 11.7. The van der Waals surface area contributed by atoms with E-state index in [0.29, 0.717) is 17.2 Å². The van der Waals surface area contributed by atoms with Crippen LogP contribution in [0.4, 0.5) is 0 Å². The molecule has 0 bridgehead atoms. The molecular formula is C25H35N3O. The minimum Gasteiger partial charge on any atom is -0.340 e. The Kier molecular flexibility index (Phi) is 5.49. The molecule has 2 saturated heterocycles. The number of hydrogen-bond donors (Lipinski definition) is 0. The standard InChI is InChI=1S/C25H35N3O/c29-24(23-19-25(23)10-13-27(14-11-25)20-22-8-9-22)28-17-15-26(16-18-28)12-4-7-21-5-2-1-3-6-21/h1-7,22-23H,8-20H2/b7-4+/t23-/m1/s1. The van der Waals surface area contributed by atoms with E-state index in [2.05, 4.69) is 57.2 Å². The smallest absolute Gasteiger partial charge is 0.226 e. The highest BCUT2D eigenvalue weighted by Gasteiger charge is 2.59. The summed E-state index contributed by atoms with van der Waals surface area (Å²) in [5.41, 5.74) is 1.62. The van der Waals surface area contributed by atoms with E-state index in [1.165, 1.54) is 50.9 Å². The Morgan fingerprint density at radius 3 is 2.38 bits per heavy atom. The number of piperidine rings is 1. The maximum Gasteiger partial charge on any atom is 0.226 e. The van der Waals surface area contributed by atoms with Gasteiger partial charge in [0.1, 0.15) is 0 Å². The lowest BCUT2D eigenvalue weighted by atomic mass is 9.90. The van der Waals surface area contributed by atoms with Gasteiger partial charge in [0.25, 0.3) is 0 Å². The van der Waals surface area contributed by atoms with Gasteiger partial charge in [0.15, 0.2) is 0 Å². The second-order valence-electron chi connectivity index (χ2n) is 9.80. The molecule has 4 fully saturated rings. The maximum atomic E-state index is 13.1. The summed E-state index contributed by atoms with van der Waals surface area (Å²) in [6, 6.07) is 10.5. The quantitative estimate of drug-likeness (QED) is 0.742. The predicted octanol–water partition coefficient (Wildman–Crippen LogP) is 3.36. The normalized spacial score (nSPS) is 27.6. The summed E-state index contributed by atoms with van der Waals surface area (Å²) in [5.74, 6) is 1.77. The van der Waals surface area contributed by atoms with Crippen LogP contribution in [0.3, 0.4) is 0 Å². The van der Waals surface area contributed by atoms with Crippen LogP contribution in [0.2, 0.25) is 0 Å². The fourth-order valence-corrected chi connectivity index (χ4v) is 5.37. The minimum absolute atomic E-state index is 0.329. The summed E-state index contributed by atoms with van der Waals surface area (Å²) >= 11 is 0. The molecule has 2 saturated carbocycles. The molecule has 0 radical (unpaired) electrons. The van der Waals surface area contributed by atoms with Crippen LogP contribution in [-0.4, -0.2) is 73.0 Å². The topological polar surface area (TPSA) is 26.8 Å². The van der Waals surface area contributed by atoms with Gasteiger partial charge in [-0.25, -0.2) is 0 Å². The van der Waals surface area contributed by atoms with Crippen molar-refractivity contribution in [2.45, 2.75) is 32.1 Å². The molecule has 4 aliphatic rings. The lowest BCUT2D eigenvalue weighted by Gasteiger charge is -2.36. The average Bonchev–Trinajstić information content (AvgIpc) is 3.68. The molecule has 29 heavy (non-hydrogen) atoms. The summed E-state index contributed by atoms with van der Waals surface area (Å²) in [5, 5.41) is 0. The maximum absolute atomic E-state index is 13.1. The number of likely N-dealkylation sites (tertiary alicyclic amines) is 1. The molecule has 1 aromatic carbocycles. The minimum atomic E-state index is 0.329. The van der Waals surface area contributed by atoms with Gasteiger partial charge in [-0.15, -0.1) is 0 Å². The number of amides is 1. The van der Waals surface area contributed by atoms with E-state index in [-0.39, 0.29) is 0 Å². The van der Waals surface area contributed by atoms with Crippen molar-refractivity contribution >= 4 is 12.0 Å². The fourth-order valence-electron chi connectivity index (χ4n) is 5.37. The number of carbonyl (C=O) groups is 1. The van der Waals surface area contributed by atoms with E-state index < -0.39 is 0 Å². The predicted molar refractivity (Wildman–Crippen MR) is 117 cm³/mol. The number of benzene rings is 1. The average molecular weight is 394 g/mol. The molecule has 2 aliphatic carbocycles. The van der Waals surface area contributed by atoms with Crippen molar-refractivity contribution < 1.29 is 4.79 Å². The first kappa shape index (κ1) is 19.3. The van der Waals surface area contributed by atoms with Gasteiger partial charge in [0, 0.05) is 45.2 Å². The Bertz CT molecular complexity index is 726. The van der Waals surface area contributed by atoms with Crippen LogP contribution in [0.5, 0.6) is 0 Å². The number of rotatable bonds is 6. The number of carbonyl (C=O) groups excluding carboxylic acids is 1. The van der Waals surface area contributed by atoms with Crippen molar-refractivity contribution in [3.05, 3.63) is 42.0 Å². The van der Waals surface area contributed by atoms with Crippen LogP contribution in [0, 0.1) is 17.3 Å². The lowest BCUT2D eigenvalue weighted by Crippen LogP contribution is -2.49. The van der Waals surface area contributed by atoms with E-state index in [1.807, 2.05) is 0 Å². The Hall–Kier alpha value is -1.65. The molecule has 156 valence electrons. The monoisotopic (exact) mass is 393 g/mol. The second-order valence-corrected chi connectivity index (χ2v) is 9.80. The molecule has 4 heteroatoms. The van der Waals surface area contributed by atoms with Crippen molar-refractivity contribution in [3.63, 3.8) is 0 Å². The van der Waals surface area contributed by atoms with E-state index in [1.54, 1.807) is 0 Å². The van der Waals surface area contributed by atoms with Crippen LogP contribution < -0.4 is 0 Å². The van der Waals surface area contributed by atoms with Crippen LogP contribution >= 0.6 is 0 Å². The highest BCUT2D eigenvalue weighted by molar-refractivity contribution is 5.83. The van der Waals surface area contributed by atoms with Crippen molar-refractivity contribution in [1.29, 1.82) is 0 Å². The molecule has 0 unspecified atom stereocenters. The van der Waals surface area contributed by atoms with E-state index in [9.17, 15) is 4.79 Å². The molecule has 2 heterocycles. The largest absolute Gasteiger partial charge is 0.340 e. The SMILES string of the molecule is O=C([C@H]1CC12CCN(CC1CC1)CC2)N1CCN(C/C=C/c2ccccc2)CC1. The third kappa shape index (κ3) is 4.59. The number of nitrogens with zero attached hydrogens (tertiary/aromatic N) is 3. The Morgan fingerprint density at radius 1 is 0.966 bits per heavy atom. The molecule has 0 aromatic heterocycles. The van der Waals surface area contributed by atoms with Crippen LogP contribution in [-0.2, 0) is 4.79 Å². The molecule has 1 aromatic rings. The lowest BCUT2D eigenvalue weighted by molar-refractivity contribution is -0.135. The third-order valence-corrected chi connectivity index (χ3v) is 7.71. The summed E-state index contributed by atoms with van der Waals surface area (Å²) in [6.45, 7) is 8.54. The fraction of sp³-hybridized carbons (Fsp3) is 0.640. The Morgan fingerprint density at radius 2 is 1.69 bits per heavy atom. The Balaban J connectivity index is 1.04. The molecule has 0 N–H and O–H groups in total. The Labute approximate surface area is 175 Å². The van der Waals surface area contributed by atoms with Crippen LogP contribution in [0.1, 0.15) is 37.7 Å². The van der Waals surface area contributed by atoms with E-state index in [0.717, 1.165) is 45.1 Å². The highest BCUT2D eigenvalue weighted by Crippen LogP contribution is 2.60. The van der Waals surface area contributed by atoms with Crippen molar-refractivity contribution in [1.82, 2.24) is 14.7 Å². The molecule has 1 amide bonds. The molecule has 1 atom stereocenters. The van der Waals surface area contributed by atoms with Crippen LogP contribution in [0.25, 0.3) is 6.08 Å². The van der Waals surface area contributed by atoms with Gasteiger partial charge in [-0.1, -0.05) is 42.5 Å². The van der Waals surface area contributed by atoms with Crippen molar-refractivity contribution in [3.8, 4) is 0 Å². The molecule has 2 aliphatic heterocycles. The first-order valence-corrected chi connectivity index (χ1v) is 11.7. The van der Waals surface area contributed by atoms with Gasteiger partial charge in [0.2, 0.25) is 5.91 Å². The third-order valence-electron chi connectivity index (χ3n) is 7.71. The van der Waals surface area contributed by atoms with Gasteiger partial charge in [-0.3, -0.25) is 9.69 Å². The summed E-state index contributed by atoms with van der Waals surface area (Å²) in [6.07, 6.45) is 11.0. The number of piperazine rings is 1. The van der Waals surface area contributed by atoms with Gasteiger partial charge < -0.3 is 9.80 Å². The van der Waals surface area contributed by atoms with Gasteiger partial charge in [-0.2, -0.15) is 0 Å². The first-order chi connectivity index (χ1) is 14.2. The summed E-state index contributed by atoms with van der Waals surface area (Å²) in [4.78, 5) is 20.4. The van der Waals surface area contributed by atoms with Crippen molar-refractivity contribution in [2.75, 3.05) is 52.4 Å². The number of hydrogen-bond acceptors (Lipinski definition) is 3. The van der Waals surface area contributed by atoms with E-state index >= 15 is 0 Å². The van der Waals surface area contributed by atoms with Gasteiger partial charge in [-0.05, 0) is 62.1 Å². The molecule has 4 nitrogen and oxygen atoms in total. The summed E-state index contributed by atoms with van der Waals surface area (Å²) in [7, 11) is 0. The molecule has 5 rings (SSSR count). The zero-order valence-corrected chi connectivity index (χ0v) is 17.6. The highest BCUT2D eigenvalue weighted by atomic mass is 16.2. The zero-order valence-electron chi connectivity index (χ0n) is 17.6. The molecular weight excluding hydrogens is 358 g/mol. The van der Waals surface area contributed by atoms with Crippen molar-refractivity contribution in [2.24, 2.45) is 17.3 Å². The molecule has 1 spiro atoms. The van der Waals surface area contributed by atoms with Gasteiger partial charge >= 0.3 is 0 Å².